The molecule has 0 aliphatic heterocycles. The van der Waals surface area contributed by atoms with Crippen LogP contribution in [0.2, 0.25) is 0 Å². The molecule has 0 spiro atoms. The van der Waals surface area contributed by atoms with E-state index in [4.69, 9.17) is 5.73 Å². The Morgan fingerprint density at radius 2 is 1.95 bits per heavy atom. The molecule has 6 heteroatoms. The van der Waals surface area contributed by atoms with Crippen molar-refractivity contribution in [3.8, 4) is 0 Å². The monoisotopic (exact) mass is 310 g/mol. The number of aliphatic imine (C=N–C) groups is 1. The van der Waals surface area contributed by atoms with Crippen LogP contribution in [-0.4, -0.2) is 18.5 Å². The van der Waals surface area contributed by atoms with E-state index in [2.05, 4.69) is 15.6 Å². The third kappa shape index (κ3) is 5.63. The summed E-state index contributed by atoms with van der Waals surface area (Å²) < 4.78 is 0. The van der Waals surface area contributed by atoms with Crippen LogP contribution in [0.4, 0.5) is 10.5 Å². The molecule has 1 aliphatic carbocycles. The second-order valence-corrected chi connectivity index (χ2v) is 5.34. The van der Waals surface area contributed by atoms with Crippen molar-refractivity contribution in [1.82, 2.24) is 5.32 Å². The molecule has 0 heterocycles. The number of hydrogen-bond donors (Lipinski definition) is 3. The Kier molecular flexibility index (Phi) is 6.49. The molecule has 4 N–H and O–H groups in total. The van der Waals surface area contributed by atoms with Gasteiger partial charge >= 0.3 is 6.03 Å². The summed E-state index contributed by atoms with van der Waals surface area (Å²) in [4.78, 5) is 16.0. The zero-order chi connectivity index (χ0) is 14.5. The minimum Gasteiger partial charge on any atom is -0.370 e. The number of amides is 2. The first-order valence-electron chi connectivity index (χ1n) is 7.00. The van der Waals surface area contributed by atoms with Crippen LogP contribution in [0.5, 0.6) is 0 Å². The summed E-state index contributed by atoms with van der Waals surface area (Å²) in [5.41, 5.74) is 8.54. The molecule has 5 nitrogen and oxygen atoms in total. The van der Waals surface area contributed by atoms with Gasteiger partial charge in [0.25, 0.3) is 0 Å². The number of guanidine groups is 1. The van der Waals surface area contributed by atoms with E-state index in [0.29, 0.717) is 6.54 Å². The fourth-order valence-electron chi connectivity index (χ4n) is 2.09. The molecule has 1 aliphatic rings. The van der Waals surface area contributed by atoms with Gasteiger partial charge in [0.1, 0.15) is 0 Å². The van der Waals surface area contributed by atoms with Gasteiger partial charge in [0.15, 0.2) is 5.96 Å². The van der Waals surface area contributed by atoms with Gasteiger partial charge < -0.3 is 11.1 Å². The van der Waals surface area contributed by atoms with Gasteiger partial charge in [0.2, 0.25) is 0 Å². The Balaban J connectivity index is 0.00000220. The summed E-state index contributed by atoms with van der Waals surface area (Å²) in [5.74, 6) is 0.990. The van der Waals surface area contributed by atoms with E-state index in [1.165, 1.54) is 12.8 Å². The van der Waals surface area contributed by atoms with E-state index in [1.807, 2.05) is 32.0 Å². The Labute approximate surface area is 131 Å². The van der Waals surface area contributed by atoms with Gasteiger partial charge in [-0.05, 0) is 37.3 Å². The molecule has 0 radical (unpaired) electrons. The van der Waals surface area contributed by atoms with Gasteiger partial charge in [0.05, 0.1) is 0 Å². The van der Waals surface area contributed by atoms with Crippen molar-refractivity contribution < 1.29 is 4.79 Å². The fraction of sp³-hybridized carbons (Fsp3) is 0.467. The summed E-state index contributed by atoms with van der Waals surface area (Å²) in [6.45, 7) is 4.59. The number of nitrogens with one attached hydrogen (secondary N) is 2. The lowest BCUT2D eigenvalue weighted by Gasteiger charge is -2.12. The highest BCUT2D eigenvalue weighted by molar-refractivity contribution is 6.02. The highest BCUT2D eigenvalue weighted by Crippen LogP contribution is 2.32. The number of nitrogens with zero attached hydrogens (tertiary/aromatic N) is 1. The van der Waals surface area contributed by atoms with Gasteiger partial charge in [-0.2, -0.15) is 0 Å². The number of nitrogens with two attached hydrogens (primary N) is 1. The van der Waals surface area contributed by atoms with E-state index in [1.54, 1.807) is 0 Å². The molecular formula is C15H23ClN4O. The molecule has 0 aromatic heterocycles. The second kappa shape index (κ2) is 7.88. The average molecular weight is 311 g/mol. The van der Waals surface area contributed by atoms with E-state index in [0.717, 1.165) is 29.2 Å². The van der Waals surface area contributed by atoms with E-state index < -0.39 is 0 Å². The zero-order valence-corrected chi connectivity index (χ0v) is 13.3. The number of anilines is 1. The molecule has 0 unspecified atom stereocenters. The number of benzene rings is 1. The first-order valence-corrected chi connectivity index (χ1v) is 7.00. The lowest BCUT2D eigenvalue weighted by atomic mass is 10.1. The van der Waals surface area contributed by atoms with Gasteiger partial charge in [-0.1, -0.05) is 31.0 Å². The predicted molar refractivity (Wildman–Crippen MR) is 89.1 cm³/mol. The van der Waals surface area contributed by atoms with Crippen LogP contribution in [0.3, 0.4) is 0 Å². The lowest BCUT2D eigenvalue weighted by molar-refractivity contribution is 0.256. The number of para-hydroxylation sites is 1. The molecule has 116 valence electrons. The molecular weight excluding hydrogens is 288 g/mol. The quantitative estimate of drug-likeness (QED) is 0.590. The normalized spacial score (nSPS) is 14.3. The van der Waals surface area contributed by atoms with Gasteiger partial charge in [0, 0.05) is 12.2 Å². The molecule has 0 saturated heterocycles. The van der Waals surface area contributed by atoms with Gasteiger partial charge in [-0.25, -0.2) is 4.79 Å². The molecule has 1 aromatic rings. The summed E-state index contributed by atoms with van der Waals surface area (Å²) >= 11 is 0. The van der Waals surface area contributed by atoms with Crippen molar-refractivity contribution in [2.45, 2.75) is 33.1 Å². The molecule has 21 heavy (non-hydrogen) atoms. The van der Waals surface area contributed by atoms with Crippen LogP contribution in [0.1, 0.15) is 30.4 Å². The van der Waals surface area contributed by atoms with Crippen molar-refractivity contribution in [3.05, 3.63) is 29.3 Å². The number of hydrogen-bond acceptors (Lipinski definition) is 2. The van der Waals surface area contributed by atoms with Gasteiger partial charge in [-0.3, -0.25) is 10.3 Å². The Bertz CT molecular complexity index is 506. The topological polar surface area (TPSA) is 79.5 Å². The van der Waals surface area contributed by atoms with Crippen LogP contribution in [0.25, 0.3) is 0 Å². The van der Waals surface area contributed by atoms with Crippen molar-refractivity contribution in [2.24, 2.45) is 16.6 Å². The molecule has 1 aromatic carbocycles. The van der Waals surface area contributed by atoms with Crippen LogP contribution < -0.4 is 16.4 Å². The maximum Gasteiger partial charge on any atom is 0.326 e. The van der Waals surface area contributed by atoms with Crippen molar-refractivity contribution in [2.75, 3.05) is 11.9 Å². The maximum atomic E-state index is 11.9. The van der Waals surface area contributed by atoms with Crippen molar-refractivity contribution >= 4 is 30.1 Å². The Hall–Kier alpha value is -1.75. The number of carbonyl (C=O) groups excluding carboxylic acids is 1. The Morgan fingerprint density at radius 3 is 2.52 bits per heavy atom. The molecule has 1 fully saturated rings. The van der Waals surface area contributed by atoms with Crippen LogP contribution in [-0.2, 0) is 0 Å². The average Bonchev–Trinajstić information content (AvgIpc) is 3.18. The van der Waals surface area contributed by atoms with Crippen LogP contribution in [0.15, 0.2) is 23.2 Å². The highest BCUT2D eigenvalue weighted by atomic mass is 35.5. The first kappa shape index (κ1) is 17.3. The third-order valence-electron chi connectivity index (χ3n) is 3.48. The summed E-state index contributed by atoms with van der Waals surface area (Å²) in [6.07, 6.45) is 3.66. The van der Waals surface area contributed by atoms with Crippen molar-refractivity contribution in [3.63, 3.8) is 0 Å². The van der Waals surface area contributed by atoms with Crippen LogP contribution >= 0.6 is 12.4 Å². The van der Waals surface area contributed by atoms with Crippen LogP contribution in [0, 0.1) is 19.8 Å². The second-order valence-electron chi connectivity index (χ2n) is 5.34. The van der Waals surface area contributed by atoms with E-state index in [-0.39, 0.29) is 24.4 Å². The third-order valence-corrected chi connectivity index (χ3v) is 3.48. The number of rotatable bonds is 4. The number of urea groups is 1. The predicted octanol–water partition coefficient (Wildman–Crippen LogP) is 2.96. The smallest absolute Gasteiger partial charge is 0.326 e. The molecule has 2 amide bonds. The Morgan fingerprint density at radius 1 is 1.33 bits per heavy atom. The minimum absolute atomic E-state index is 0. The largest absolute Gasteiger partial charge is 0.370 e. The molecule has 0 atom stereocenters. The molecule has 2 rings (SSSR count). The van der Waals surface area contributed by atoms with E-state index >= 15 is 0 Å². The number of halogens is 1. The lowest BCUT2D eigenvalue weighted by Crippen LogP contribution is -2.40. The number of aryl methyl sites for hydroxylation is 2. The van der Waals surface area contributed by atoms with E-state index in [9.17, 15) is 4.79 Å². The van der Waals surface area contributed by atoms with Crippen molar-refractivity contribution in [1.29, 1.82) is 0 Å². The summed E-state index contributed by atoms with van der Waals surface area (Å²) in [7, 11) is 0. The minimum atomic E-state index is -0.352. The summed E-state index contributed by atoms with van der Waals surface area (Å²) in [5, 5.41) is 5.36. The first-order chi connectivity index (χ1) is 9.56. The maximum absolute atomic E-state index is 11.9. The number of carbonyl (C=O) groups is 1. The SMILES string of the molecule is Cc1cccc(C)c1NC(=O)NC(N)=NCCC1CC1.Cl. The van der Waals surface area contributed by atoms with Gasteiger partial charge in [-0.15, -0.1) is 12.4 Å². The highest BCUT2D eigenvalue weighted by Gasteiger charge is 2.20. The zero-order valence-electron chi connectivity index (χ0n) is 12.5. The molecule has 0 bridgehead atoms. The standard InChI is InChI=1S/C15H22N4O.ClH/c1-10-4-3-5-11(2)13(10)18-15(20)19-14(16)17-9-8-12-6-7-12;/h3-5,12H,6-9H2,1-2H3,(H4,16,17,18,19,20);1H. The fourth-order valence-corrected chi connectivity index (χ4v) is 2.09. The summed E-state index contributed by atoms with van der Waals surface area (Å²) in [6, 6.07) is 5.52. The molecule has 1 saturated carbocycles.